The zero-order valence-electron chi connectivity index (χ0n) is 9.57. The largest absolute Gasteiger partial charge is 0.129 e. The van der Waals surface area contributed by atoms with Gasteiger partial charge in [0.15, 0.2) is 0 Å². The summed E-state index contributed by atoms with van der Waals surface area (Å²) < 4.78 is 0. The van der Waals surface area contributed by atoms with Gasteiger partial charge in [-0.15, -0.1) is 10.0 Å². The quantitative estimate of drug-likeness (QED) is 0.443. The van der Waals surface area contributed by atoms with Gasteiger partial charge in [-0.3, -0.25) is 0 Å². The molecular weight excluding hydrogens is 287 g/mol. The second-order valence-corrected chi connectivity index (χ2v) is 4.28. The van der Waals surface area contributed by atoms with Gasteiger partial charge in [0.25, 0.3) is 0 Å². The van der Waals surface area contributed by atoms with Crippen molar-refractivity contribution in [2.24, 2.45) is 15.6 Å². The van der Waals surface area contributed by atoms with Crippen molar-refractivity contribution in [1.29, 1.82) is 0 Å². The highest BCUT2D eigenvalue weighted by atomic mass is 35.5. The molecule has 0 aliphatic rings. The minimum Gasteiger partial charge on any atom is -0.129 e. The lowest BCUT2D eigenvalue weighted by molar-refractivity contribution is 0.850. The van der Waals surface area contributed by atoms with Gasteiger partial charge in [-0.1, -0.05) is 52.6 Å². The maximum Gasteiger partial charge on any atom is 0.109 e. The molecule has 0 saturated heterocycles. The summed E-state index contributed by atoms with van der Waals surface area (Å²) >= 11 is 11.9. The Morgan fingerprint density at radius 2 is 1.53 bits per heavy atom. The summed E-state index contributed by atoms with van der Waals surface area (Å²) in [7, 11) is 0. The van der Waals surface area contributed by atoms with Gasteiger partial charge < -0.3 is 0 Å². The SMILES string of the molecule is O=NN(N=Nc1ccccc1Cl)c1ccccc1Cl. The van der Waals surface area contributed by atoms with Crippen molar-refractivity contribution < 1.29 is 0 Å². The van der Waals surface area contributed by atoms with E-state index in [1.165, 1.54) is 0 Å². The topological polar surface area (TPSA) is 57.4 Å². The Kier molecular flexibility index (Phi) is 4.43. The number of halogens is 2. The van der Waals surface area contributed by atoms with Gasteiger partial charge >= 0.3 is 0 Å². The Hall–Kier alpha value is -1.98. The number of para-hydroxylation sites is 1. The van der Waals surface area contributed by atoms with Gasteiger partial charge in [-0.05, 0) is 29.5 Å². The number of rotatable bonds is 4. The molecule has 0 N–H and O–H groups in total. The maximum absolute atomic E-state index is 10.8. The first kappa shape index (κ1) is 13.5. The summed E-state index contributed by atoms with van der Waals surface area (Å²) in [6, 6.07) is 13.5. The van der Waals surface area contributed by atoms with Crippen LogP contribution in [0.25, 0.3) is 0 Å². The van der Waals surface area contributed by atoms with E-state index in [9.17, 15) is 4.91 Å². The summed E-state index contributed by atoms with van der Waals surface area (Å²) in [6.45, 7) is 0. The lowest BCUT2D eigenvalue weighted by Gasteiger charge is -2.08. The van der Waals surface area contributed by atoms with Crippen LogP contribution in [0.3, 0.4) is 0 Å². The lowest BCUT2D eigenvalue weighted by Crippen LogP contribution is -2.05. The third-order valence-corrected chi connectivity index (χ3v) is 2.87. The fourth-order valence-corrected chi connectivity index (χ4v) is 1.73. The van der Waals surface area contributed by atoms with E-state index >= 15 is 0 Å². The van der Waals surface area contributed by atoms with Crippen molar-refractivity contribution in [2.75, 3.05) is 5.12 Å². The Morgan fingerprint density at radius 3 is 2.16 bits per heavy atom. The molecule has 2 aromatic rings. The number of nitrogens with zero attached hydrogens (tertiary/aromatic N) is 4. The molecule has 5 nitrogen and oxygen atoms in total. The van der Waals surface area contributed by atoms with Crippen LogP contribution in [-0.4, -0.2) is 0 Å². The van der Waals surface area contributed by atoms with E-state index in [-0.39, 0.29) is 0 Å². The van der Waals surface area contributed by atoms with E-state index in [0.717, 1.165) is 5.12 Å². The zero-order chi connectivity index (χ0) is 13.7. The third-order valence-electron chi connectivity index (χ3n) is 2.23. The van der Waals surface area contributed by atoms with E-state index in [2.05, 4.69) is 15.6 Å². The predicted molar refractivity (Wildman–Crippen MR) is 75.7 cm³/mol. The Morgan fingerprint density at radius 1 is 0.895 bits per heavy atom. The molecule has 0 unspecified atom stereocenters. The summed E-state index contributed by atoms with van der Waals surface area (Å²) in [4.78, 5) is 10.8. The van der Waals surface area contributed by atoms with Gasteiger partial charge in [-0.25, -0.2) is 0 Å². The van der Waals surface area contributed by atoms with Gasteiger partial charge in [0.05, 0.1) is 15.3 Å². The van der Waals surface area contributed by atoms with Gasteiger partial charge in [0.2, 0.25) is 0 Å². The van der Waals surface area contributed by atoms with Crippen LogP contribution in [0.1, 0.15) is 0 Å². The highest BCUT2D eigenvalue weighted by Gasteiger charge is 2.09. The number of hydrogen-bond donors (Lipinski definition) is 0. The maximum atomic E-state index is 10.8. The van der Waals surface area contributed by atoms with Gasteiger partial charge in [-0.2, -0.15) is 0 Å². The molecule has 0 fully saturated rings. The minimum absolute atomic E-state index is 0.343. The molecule has 96 valence electrons. The first-order valence-electron chi connectivity index (χ1n) is 5.26. The van der Waals surface area contributed by atoms with Crippen LogP contribution in [0.2, 0.25) is 10.0 Å². The second kappa shape index (κ2) is 6.26. The molecule has 0 atom stereocenters. The van der Waals surface area contributed by atoms with Crippen molar-refractivity contribution in [3.05, 3.63) is 63.5 Å². The molecule has 2 aromatic carbocycles. The average molecular weight is 295 g/mol. The van der Waals surface area contributed by atoms with Crippen LogP contribution in [0.5, 0.6) is 0 Å². The molecule has 0 spiro atoms. The summed E-state index contributed by atoms with van der Waals surface area (Å²) in [6.07, 6.45) is 0. The molecule has 0 radical (unpaired) electrons. The summed E-state index contributed by atoms with van der Waals surface area (Å²) in [5, 5.41) is 11.9. The summed E-state index contributed by atoms with van der Waals surface area (Å²) in [5.41, 5.74) is 0.778. The standard InChI is InChI=1S/C12H8Cl2N4O/c13-9-5-1-3-7-11(9)15-16-18(17-19)12-8-4-2-6-10(12)14/h1-8H. The van der Waals surface area contributed by atoms with Crippen molar-refractivity contribution in [3.8, 4) is 0 Å². The first-order valence-corrected chi connectivity index (χ1v) is 6.02. The van der Waals surface area contributed by atoms with Crippen LogP contribution in [0.15, 0.2) is 64.2 Å². The van der Waals surface area contributed by atoms with Gasteiger partial charge in [0.1, 0.15) is 11.4 Å². The van der Waals surface area contributed by atoms with Crippen molar-refractivity contribution >= 4 is 34.6 Å². The van der Waals surface area contributed by atoms with Crippen LogP contribution in [0.4, 0.5) is 11.4 Å². The monoisotopic (exact) mass is 294 g/mol. The molecular formula is C12H8Cl2N4O. The third kappa shape index (κ3) is 3.27. The molecule has 0 heterocycles. The fraction of sp³-hybridized carbons (Fsp3) is 0. The van der Waals surface area contributed by atoms with Crippen LogP contribution in [-0.2, 0) is 0 Å². The molecule has 0 bridgehead atoms. The fourth-order valence-electron chi connectivity index (χ4n) is 1.35. The predicted octanol–water partition coefficient (Wildman–Crippen LogP) is 5.18. The van der Waals surface area contributed by atoms with Crippen LogP contribution < -0.4 is 5.12 Å². The molecule has 0 aliphatic carbocycles. The molecule has 0 aromatic heterocycles. The van der Waals surface area contributed by atoms with Crippen molar-refractivity contribution in [3.63, 3.8) is 0 Å². The Bertz CT molecular complexity index is 618. The molecule has 2 rings (SSSR count). The highest BCUT2D eigenvalue weighted by Crippen LogP contribution is 2.28. The highest BCUT2D eigenvalue weighted by molar-refractivity contribution is 6.33. The second-order valence-electron chi connectivity index (χ2n) is 3.46. The Balaban J connectivity index is 2.28. The molecule has 0 amide bonds. The van der Waals surface area contributed by atoms with E-state index in [1.54, 1.807) is 48.5 Å². The molecule has 0 saturated carbocycles. The average Bonchev–Trinajstić information content (AvgIpc) is 2.43. The minimum atomic E-state index is 0.343. The van der Waals surface area contributed by atoms with E-state index in [4.69, 9.17) is 23.2 Å². The van der Waals surface area contributed by atoms with Crippen LogP contribution >= 0.6 is 23.2 Å². The van der Waals surface area contributed by atoms with Crippen LogP contribution in [0, 0.1) is 4.91 Å². The van der Waals surface area contributed by atoms with E-state index < -0.39 is 0 Å². The number of anilines is 1. The first-order chi connectivity index (χ1) is 9.22. The van der Waals surface area contributed by atoms with Gasteiger partial charge in [0, 0.05) is 0 Å². The zero-order valence-corrected chi connectivity index (χ0v) is 11.1. The normalized spacial score (nSPS) is 10.6. The molecule has 19 heavy (non-hydrogen) atoms. The van der Waals surface area contributed by atoms with Crippen molar-refractivity contribution in [1.82, 2.24) is 0 Å². The summed E-state index contributed by atoms with van der Waals surface area (Å²) in [5.74, 6) is 0. The molecule has 0 aliphatic heterocycles. The smallest absolute Gasteiger partial charge is 0.109 e. The number of hydrogen-bond acceptors (Lipinski definition) is 4. The van der Waals surface area contributed by atoms with E-state index in [1.807, 2.05) is 0 Å². The Labute approximate surface area is 119 Å². The van der Waals surface area contributed by atoms with Crippen molar-refractivity contribution in [2.45, 2.75) is 0 Å². The molecule has 7 heteroatoms. The number of benzene rings is 2. The number of nitroso groups, excluding NO2 is 1. The lowest BCUT2D eigenvalue weighted by atomic mass is 10.3. The van der Waals surface area contributed by atoms with E-state index in [0.29, 0.717) is 21.4 Å².